The Morgan fingerprint density at radius 3 is 1.01 bits per heavy atom. The van der Waals surface area contributed by atoms with Crippen molar-refractivity contribution in [3.63, 3.8) is 0 Å². The Bertz CT molecular complexity index is 1260. The summed E-state index contributed by atoms with van der Waals surface area (Å²) in [6, 6.07) is 0. The Hall–Kier alpha value is -1.87. The van der Waals surface area contributed by atoms with Gasteiger partial charge in [0.2, 0.25) is 0 Å². The molecular formula is C68H133NO12. The molecule has 0 saturated heterocycles. The van der Waals surface area contributed by atoms with Crippen LogP contribution in [0.15, 0.2) is 0 Å². The summed E-state index contributed by atoms with van der Waals surface area (Å²) in [6.07, 6.45) is 47.6. The maximum absolute atomic E-state index is 12.9. The van der Waals surface area contributed by atoms with Crippen molar-refractivity contribution in [2.75, 3.05) is 99.9 Å². The van der Waals surface area contributed by atoms with Gasteiger partial charge in [-0.1, -0.05) is 195 Å². The zero-order chi connectivity index (χ0) is 59.0. The number of carbonyl (C=O) groups excluding carboxylic acids is 3. The molecule has 0 N–H and O–H groups in total. The van der Waals surface area contributed by atoms with Crippen molar-refractivity contribution in [1.82, 2.24) is 4.90 Å². The molecule has 482 valence electrons. The highest BCUT2D eigenvalue weighted by molar-refractivity contribution is 5.70. The van der Waals surface area contributed by atoms with E-state index in [1.54, 1.807) is 0 Å². The fourth-order valence-electron chi connectivity index (χ4n) is 10.00. The minimum Gasteiger partial charge on any atom is -0.463 e. The van der Waals surface area contributed by atoms with Gasteiger partial charge in [0.15, 0.2) is 0 Å². The molecule has 1 atom stereocenters. The van der Waals surface area contributed by atoms with Crippen LogP contribution >= 0.6 is 0 Å². The molecule has 0 bridgehead atoms. The van der Waals surface area contributed by atoms with Gasteiger partial charge in [-0.15, -0.1) is 0 Å². The monoisotopic (exact) mass is 1160 g/mol. The van der Waals surface area contributed by atoms with E-state index >= 15 is 0 Å². The van der Waals surface area contributed by atoms with Crippen molar-refractivity contribution in [3.05, 3.63) is 0 Å². The van der Waals surface area contributed by atoms with Crippen LogP contribution in [-0.4, -0.2) is 141 Å². The number of esters is 3. The Morgan fingerprint density at radius 2 is 0.605 bits per heavy atom. The van der Waals surface area contributed by atoms with Crippen molar-refractivity contribution in [3.8, 4) is 0 Å². The van der Waals surface area contributed by atoms with Crippen molar-refractivity contribution >= 4 is 17.9 Å². The number of hydrogen-bond donors (Lipinski definition) is 0. The average Bonchev–Trinajstić information content (AvgIpc) is 3.45. The zero-order valence-corrected chi connectivity index (χ0v) is 54.2. The highest BCUT2D eigenvalue weighted by Gasteiger charge is 2.17. The minimum atomic E-state index is -0.174. The average molecular weight is 1160 g/mol. The zero-order valence-electron chi connectivity index (χ0n) is 54.2. The second kappa shape index (κ2) is 65.7. The van der Waals surface area contributed by atoms with Crippen LogP contribution < -0.4 is 0 Å². The van der Waals surface area contributed by atoms with Crippen molar-refractivity contribution in [2.45, 2.75) is 322 Å². The summed E-state index contributed by atoms with van der Waals surface area (Å²) < 4.78 is 52.7. The number of ether oxygens (including phenoxy) is 9. The molecule has 0 aromatic rings. The summed E-state index contributed by atoms with van der Waals surface area (Å²) in [7, 11) is 4.06. The molecule has 0 aromatic heterocycles. The predicted molar refractivity (Wildman–Crippen MR) is 334 cm³/mol. The van der Waals surface area contributed by atoms with Crippen LogP contribution in [0.25, 0.3) is 0 Å². The molecule has 0 radical (unpaired) electrons. The lowest BCUT2D eigenvalue weighted by Crippen LogP contribution is -2.27. The van der Waals surface area contributed by atoms with Gasteiger partial charge >= 0.3 is 17.9 Å². The molecule has 0 saturated carbocycles. The van der Waals surface area contributed by atoms with E-state index in [-0.39, 0.29) is 42.8 Å². The van der Waals surface area contributed by atoms with Gasteiger partial charge in [0.05, 0.1) is 59.5 Å². The van der Waals surface area contributed by atoms with Crippen LogP contribution in [0, 0.1) is 0 Å². The molecule has 0 spiro atoms. The third-order valence-corrected chi connectivity index (χ3v) is 15.1. The summed E-state index contributed by atoms with van der Waals surface area (Å²) in [5.74, 6) is -0.205. The highest BCUT2D eigenvalue weighted by Crippen LogP contribution is 2.21. The molecule has 81 heavy (non-hydrogen) atoms. The first-order chi connectivity index (χ1) is 39.7. The first-order valence-electron chi connectivity index (χ1n) is 34.4. The van der Waals surface area contributed by atoms with Crippen LogP contribution in [0.3, 0.4) is 0 Å². The second-order valence-electron chi connectivity index (χ2n) is 23.4. The number of hydrogen-bond acceptors (Lipinski definition) is 13. The normalized spacial score (nSPS) is 12.1. The van der Waals surface area contributed by atoms with E-state index in [0.717, 1.165) is 135 Å². The maximum atomic E-state index is 12.9. The summed E-state index contributed by atoms with van der Waals surface area (Å²) >= 11 is 0. The van der Waals surface area contributed by atoms with E-state index in [1.165, 1.54) is 128 Å². The summed E-state index contributed by atoms with van der Waals surface area (Å²) in [6.45, 7) is 15.5. The fraction of sp³-hybridized carbons (Fsp3) is 0.956. The third kappa shape index (κ3) is 62.5. The van der Waals surface area contributed by atoms with Crippen LogP contribution in [-0.2, 0) is 57.0 Å². The number of rotatable bonds is 68. The van der Waals surface area contributed by atoms with E-state index in [4.69, 9.17) is 42.6 Å². The molecular weight excluding hydrogens is 1020 g/mol. The van der Waals surface area contributed by atoms with Gasteiger partial charge in [-0.05, 0) is 111 Å². The highest BCUT2D eigenvalue weighted by atomic mass is 16.6. The minimum absolute atomic E-state index is 0.0137. The van der Waals surface area contributed by atoms with E-state index < -0.39 is 0 Å². The van der Waals surface area contributed by atoms with Crippen LogP contribution in [0.2, 0.25) is 0 Å². The Morgan fingerprint density at radius 1 is 0.296 bits per heavy atom. The Kier molecular flexibility index (Phi) is 64.2. The van der Waals surface area contributed by atoms with E-state index in [0.29, 0.717) is 91.9 Å². The summed E-state index contributed by atoms with van der Waals surface area (Å²) in [5, 5.41) is 0. The molecule has 0 aliphatic carbocycles. The first kappa shape index (κ1) is 79.1. The molecule has 0 aliphatic heterocycles. The molecule has 13 nitrogen and oxygen atoms in total. The summed E-state index contributed by atoms with van der Waals surface area (Å²) in [4.78, 5) is 39.8. The molecule has 0 aliphatic rings. The smallest absolute Gasteiger partial charge is 0.306 e. The molecule has 1 unspecified atom stereocenters. The lowest BCUT2D eigenvalue weighted by molar-refractivity contribution is -0.151. The van der Waals surface area contributed by atoms with E-state index in [9.17, 15) is 14.4 Å². The van der Waals surface area contributed by atoms with Gasteiger partial charge in [-0.2, -0.15) is 0 Å². The maximum Gasteiger partial charge on any atom is 0.306 e. The second-order valence-corrected chi connectivity index (χ2v) is 23.4. The molecule has 0 fully saturated rings. The van der Waals surface area contributed by atoms with E-state index in [2.05, 4.69) is 32.6 Å². The van der Waals surface area contributed by atoms with Crippen LogP contribution in [0.1, 0.15) is 304 Å². The van der Waals surface area contributed by atoms with Gasteiger partial charge in [-0.3, -0.25) is 14.4 Å². The number of unbranched alkanes of at least 4 members (excludes halogenated alkanes) is 29. The quantitative estimate of drug-likeness (QED) is 0.0325. The van der Waals surface area contributed by atoms with Crippen LogP contribution in [0.4, 0.5) is 0 Å². The van der Waals surface area contributed by atoms with Gasteiger partial charge in [0.1, 0.15) is 24.9 Å². The standard InChI is InChI=1S/C68H133NO12/c1-7-11-15-19-25-33-43-63(44-34-26-20-16-12-8-2)80-67(71)48-37-29-23-31-41-51-76-61-65(62-77-58-57-74-54-53-73-55-56-75-59-60-79-66(70)47-39-40-50-69(5)6)78-52-42-32-24-30-38-49-68(72)81-64(45-35-27-21-17-13-9-3)46-36-28-22-18-14-10-4/h63-65H,7-62H2,1-6H3. The summed E-state index contributed by atoms with van der Waals surface area (Å²) in [5.41, 5.74) is 0. The Labute approximate surface area is 499 Å². The number of carbonyl (C=O) groups is 3. The first-order valence-corrected chi connectivity index (χ1v) is 34.4. The van der Waals surface area contributed by atoms with E-state index in [1.807, 2.05) is 14.1 Å². The molecule has 13 heteroatoms. The third-order valence-electron chi connectivity index (χ3n) is 15.1. The topological polar surface area (TPSA) is 138 Å². The van der Waals surface area contributed by atoms with Crippen molar-refractivity contribution in [2.24, 2.45) is 0 Å². The lowest BCUT2D eigenvalue weighted by Gasteiger charge is -2.19. The lowest BCUT2D eigenvalue weighted by atomic mass is 10.0. The van der Waals surface area contributed by atoms with Gasteiger partial charge in [-0.25, -0.2) is 0 Å². The number of nitrogens with zero attached hydrogens (tertiary/aromatic N) is 1. The predicted octanol–water partition coefficient (Wildman–Crippen LogP) is 17.2. The van der Waals surface area contributed by atoms with Crippen molar-refractivity contribution in [1.29, 1.82) is 0 Å². The van der Waals surface area contributed by atoms with Gasteiger partial charge < -0.3 is 47.5 Å². The fourth-order valence-corrected chi connectivity index (χ4v) is 10.00. The van der Waals surface area contributed by atoms with Crippen molar-refractivity contribution < 1.29 is 57.0 Å². The SMILES string of the molecule is CCCCCCCCC(CCCCCCCC)OC(=O)CCCCCCCOCC(COCCOCCOCCOCCOC(=O)CCCCN(C)C)OCCCCCCCC(=O)OC(CCCCCCCC)CCCCCCCC. The molecule has 0 aromatic carbocycles. The largest absolute Gasteiger partial charge is 0.463 e. The molecule has 0 amide bonds. The molecule has 0 heterocycles. The van der Waals surface area contributed by atoms with Gasteiger partial charge in [0.25, 0.3) is 0 Å². The van der Waals surface area contributed by atoms with Gasteiger partial charge in [0, 0.05) is 32.5 Å². The molecule has 0 rings (SSSR count). The Balaban J connectivity index is 4.69. The van der Waals surface area contributed by atoms with Crippen LogP contribution in [0.5, 0.6) is 0 Å².